The molecule has 2 rings (SSSR count). The van der Waals surface area contributed by atoms with E-state index < -0.39 is 10.0 Å². The van der Waals surface area contributed by atoms with Gasteiger partial charge in [0.05, 0.1) is 10.6 Å². The van der Waals surface area contributed by atoms with Crippen LogP contribution in [0.5, 0.6) is 0 Å². The van der Waals surface area contributed by atoms with Crippen molar-refractivity contribution in [2.45, 2.75) is 18.7 Å². The Morgan fingerprint density at radius 3 is 2.20 bits per heavy atom. The smallest absolute Gasteiger partial charge is 0.261 e. The fraction of sp³-hybridized carbons (Fsp3) is 0.125. The van der Waals surface area contributed by atoms with Crippen LogP contribution in [0.1, 0.15) is 16.7 Å². The molecule has 4 heteroatoms. The van der Waals surface area contributed by atoms with E-state index in [1.165, 1.54) is 0 Å². The van der Waals surface area contributed by atoms with E-state index in [9.17, 15) is 8.42 Å². The third kappa shape index (κ3) is 3.01. The van der Waals surface area contributed by atoms with E-state index in [1.807, 2.05) is 19.9 Å². The minimum atomic E-state index is -3.62. The van der Waals surface area contributed by atoms with E-state index in [-0.39, 0.29) is 4.90 Å². The zero-order chi connectivity index (χ0) is 14.8. The Morgan fingerprint density at radius 2 is 1.60 bits per heavy atom. The molecular weight excluding hydrogens is 270 g/mol. The van der Waals surface area contributed by atoms with Gasteiger partial charge in [-0.25, -0.2) is 8.42 Å². The van der Waals surface area contributed by atoms with Crippen LogP contribution in [0.15, 0.2) is 47.4 Å². The summed E-state index contributed by atoms with van der Waals surface area (Å²) in [5.74, 6) is 2.49. The molecule has 0 fully saturated rings. The van der Waals surface area contributed by atoms with Gasteiger partial charge in [-0.3, -0.25) is 4.72 Å². The van der Waals surface area contributed by atoms with Crippen LogP contribution in [0.25, 0.3) is 0 Å². The zero-order valence-corrected chi connectivity index (χ0v) is 12.2. The Morgan fingerprint density at radius 1 is 1.00 bits per heavy atom. The predicted octanol–water partition coefficient (Wildman–Crippen LogP) is 3.09. The van der Waals surface area contributed by atoms with Gasteiger partial charge in [-0.1, -0.05) is 29.7 Å². The van der Waals surface area contributed by atoms with Crippen molar-refractivity contribution in [2.24, 2.45) is 0 Å². The number of benzene rings is 2. The number of sulfonamides is 1. The van der Waals surface area contributed by atoms with Crippen LogP contribution in [0.2, 0.25) is 0 Å². The third-order valence-electron chi connectivity index (χ3n) is 2.91. The van der Waals surface area contributed by atoms with Gasteiger partial charge in [0.15, 0.2) is 0 Å². The lowest BCUT2D eigenvalue weighted by atomic mass is 10.1. The summed E-state index contributed by atoms with van der Waals surface area (Å²) in [7, 11) is -3.62. The van der Waals surface area contributed by atoms with E-state index in [0.717, 1.165) is 11.1 Å². The van der Waals surface area contributed by atoms with Crippen molar-refractivity contribution in [2.75, 3.05) is 4.72 Å². The van der Waals surface area contributed by atoms with Crippen LogP contribution in [0.3, 0.4) is 0 Å². The number of aryl methyl sites for hydroxylation is 2. The average Bonchev–Trinajstić information content (AvgIpc) is 2.41. The molecule has 0 radical (unpaired) electrons. The summed E-state index contributed by atoms with van der Waals surface area (Å²) in [6.45, 7) is 3.80. The maximum atomic E-state index is 12.3. The maximum absolute atomic E-state index is 12.3. The number of terminal acetylenes is 1. The Bertz CT molecular complexity index is 769. The second-order valence-corrected chi connectivity index (χ2v) is 6.29. The van der Waals surface area contributed by atoms with Gasteiger partial charge in [-0.05, 0) is 43.7 Å². The van der Waals surface area contributed by atoms with Crippen LogP contribution in [0.4, 0.5) is 5.69 Å². The molecule has 0 amide bonds. The fourth-order valence-corrected chi connectivity index (χ4v) is 2.87. The highest BCUT2D eigenvalue weighted by Crippen LogP contribution is 2.21. The Balaban J connectivity index is 2.39. The maximum Gasteiger partial charge on any atom is 0.261 e. The Hall–Kier alpha value is -2.25. The van der Waals surface area contributed by atoms with E-state index in [2.05, 4.69) is 10.6 Å². The predicted molar refractivity (Wildman–Crippen MR) is 81.1 cm³/mol. The zero-order valence-electron chi connectivity index (χ0n) is 11.3. The normalized spacial score (nSPS) is 10.8. The lowest BCUT2D eigenvalue weighted by Gasteiger charge is -2.10. The Kier molecular flexibility index (Phi) is 3.82. The molecule has 0 spiro atoms. The van der Waals surface area contributed by atoms with Crippen molar-refractivity contribution < 1.29 is 8.42 Å². The minimum Gasteiger partial charge on any atom is -0.278 e. The summed E-state index contributed by atoms with van der Waals surface area (Å²) in [5.41, 5.74) is 2.93. The van der Waals surface area contributed by atoms with Crippen LogP contribution in [-0.2, 0) is 10.0 Å². The SMILES string of the molecule is C#Cc1cc(C)ccc1NS(=O)(=O)c1ccc(C)cc1. The first-order valence-electron chi connectivity index (χ1n) is 6.09. The number of rotatable bonds is 3. The molecule has 20 heavy (non-hydrogen) atoms. The number of anilines is 1. The summed E-state index contributed by atoms with van der Waals surface area (Å²) >= 11 is 0. The summed E-state index contributed by atoms with van der Waals surface area (Å²) in [6, 6.07) is 11.9. The average molecular weight is 285 g/mol. The van der Waals surface area contributed by atoms with Crippen molar-refractivity contribution in [3.05, 3.63) is 59.2 Å². The molecular formula is C16H15NO2S. The number of nitrogens with one attached hydrogen (secondary N) is 1. The molecule has 0 saturated carbocycles. The summed E-state index contributed by atoms with van der Waals surface area (Å²) in [4.78, 5) is 0.214. The summed E-state index contributed by atoms with van der Waals surface area (Å²) in [6.07, 6.45) is 5.41. The molecule has 102 valence electrons. The van der Waals surface area contributed by atoms with Gasteiger partial charge in [0, 0.05) is 5.56 Å². The van der Waals surface area contributed by atoms with Gasteiger partial charge in [0.1, 0.15) is 0 Å². The van der Waals surface area contributed by atoms with Gasteiger partial charge in [0.2, 0.25) is 0 Å². The van der Waals surface area contributed by atoms with Gasteiger partial charge in [-0.15, -0.1) is 6.42 Å². The van der Waals surface area contributed by atoms with Gasteiger partial charge >= 0.3 is 0 Å². The van der Waals surface area contributed by atoms with Crippen molar-refractivity contribution in [1.82, 2.24) is 0 Å². The first-order chi connectivity index (χ1) is 9.42. The van der Waals surface area contributed by atoms with Gasteiger partial charge in [0.25, 0.3) is 10.0 Å². The quantitative estimate of drug-likeness (QED) is 0.881. The van der Waals surface area contributed by atoms with Gasteiger partial charge < -0.3 is 0 Å². The topological polar surface area (TPSA) is 46.2 Å². The van der Waals surface area contributed by atoms with Crippen molar-refractivity contribution >= 4 is 15.7 Å². The van der Waals surface area contributed by atoms with Crippen LogP contribution < -0.4 is 4.72 Å². The highest BCUT2D eigenvalue weighted by molar-refractivity contribution is 7.92. The standard InChI is InChI=1S/C16H15NO2S/c1-4-14-11-13(3)7-10-16(14)17-20(18,19)15-8-5-12(2)6-9-15/h1,5-11,17H,2-3H3. The molecule has 0 unspecified atom stereocenters. The first kappa shape index (κ1) is 14.2. The van der Waals surface area contributed by atoms with E-state index in [1.54, 1.807) is 36.4 Å². The molecule has 2 aromatic carbocycles. The molecule has 0 aliphatic carbocycles. The van der Waals surface area contributed by atoms with Gasteiger partial charge in [-0.2, -0.15) is 0 Å². The lowest BCUT2D eigenvalue weighted by Crippen LogP contribution is -2.13. The summed E-state index contributed by atoms with van der Waals surface area (Å²) < 4.78 is 27.1. The monoisotopic (exact) mass is 285 g/mol. The molecule has 0 bridgehead atoms. The highest BCUT2D eigenvalue weighted by atomic mass is 32.2. The van der Waals surface area contributed by atoms with Crippen molar-refractivity contribution in [3.63, 3.8) is 0 Å². The van der Waals surface area contributed by atoms with Crippen LogP contribution in [0, 0.1) is 26.2 Å². The minimum absolute atomic E-state index is 0.214. The highest BCUT2D eigenvalue weighted by Gasteiger charge is 2.15. The Labute approximate surface area is 119 Å². The lowest BCUT2D eigenvalue weighted by molar-refractivity contribution is 0.601. The largest absolute Gasteiger partial charge is 0.278 e. The molecule has 0 aliphatic rings. The van der Waals surface area contributed by atoms with E-state index in [4.69, 9.17) is 6.42 Å². The van der Waals surface area contributed by atoms with Crippen molar-refractivity contribution in [1.29, 1.82) is 0 Å². The molecule has 1 N–H and O–H groups in total. The molecule has 2 aromatic rings. The fourth-order valence-electron chi connectivity index (χ4n) is 1.79. The van der Waals surface area contributed by atoms with E-state index >= 15 is 0 Å². The summed E-state index contributed by atoms with van der Waals surface area (Å²) in [5, 5.41) is 0. The number of hydrogen-bond donors (Lipinski definition) is 1. The van der Waals surface area contributed by atoms with Crippen LogP contribution >= 0.6 is 0 Å². The molecule has 3 nitrogen and oxygen atoms in total. The third-order valence-corrected chi connectivity index (χ3v) is 4.29. The molecule has 0 heterocycles. The molecule has 0 atom stereocenters. The number of hydrogen-bond acceptors (Lipinski definition) is 2. The molecule has 0 aliphatic heterocycles. The van der Waals surface area contributed by atoms with Crippen molar-refractivity contribution in [3.8, 4) is 12.3 Å². The van der Waals surface area contributed by atoms with Crippen LogP contribution in [-0.4, -0.2) is 8.42 Å². The first-order valence-corrected chi connectivity index (χ1v) is 7.57. The second kappa shape index (κ2) is 5.40. The molecule has 0 aromatic heterocycles. The second-order valence-electron chi connectivity index (χ2n) is 4.61. The van der Waals surface area contributed by atoms with E-state index in [0.29, 0.717) is 11.3 Å². The molecule has 0 saturated heterocycles.